The van der Waals surface area contributed by atoms with Gasteiger partial charge in [0.2, 0.25) is 5.91 Å². The van der Waals surface area contributed by atoms with Crippen molar-refractivity contribution in [2.45, 2.75) is 44.1 Å². The molecule has 9 heteroatoms. The van der Waals surface area contributed by atoms with Gasteiger partial charge in [-0.25, -0.2) is 4.98 Å². The first-order valence-electron chi connectivity index (χ1n) is 8.06. The number of imidazole rings is 1. The number of nitrogens with one attached hydrogen (secondary N) is 1. The van der Waals surface area contributed by atoms with E-state index in [1.807, 2.05) is 0 Å². The highest BCUT2D eigenvalue weighted by molar-refractivity contribution is 5.76. The zero-order chi connectivity index (χ0) is 17.2. The van der Waals surface area contributed by atoms with Crippen LogP contribution in [0.4, 0.5) is 13.2 Å². The quantitative estimate of drug-likeness (QED) is 0.911. The van der Waals surface area contributed by atoms with Crippen molar-refractivity contribution >= 4 is 5.91 Å². The summed E-state index contributed by atoms with van der Waals surface area (Å²) in [6, 6.07) is 0. The second-order valence-electron chi connectivity index (χ2n) is 6.09. The van der Waals surface area contributed by atoms with Gasteiger partial charge in [-0.15, -0.1) is 0 Å². The third kappa shape index (κ3) is 4.07. The molecule has 2 fully saturated rings. The molecule has 0 unspecified atom stereocenters. The van der Waals surface area contributed by atoms with Gasteiger partial charge in [-0.05, 0) is 19.3 Å². The fourth-order valence-corrected chi connectivity index (χ4v) is 3.04. The molecule has 24 heavy (non-hydrogen) atoms. The van der Waals surface area contributed by atoms with Gasteiger partial charge in [-0.1, -0.05) is 0 Å². The summed E-state index contributed by atoms with van der Waals surface area (Å²) in [5, 5.41) is 0. The zero-order valence-corrected chi connectivity index (χ0v) is 13.1. The molecule has 3 rings (SSSR count). The molecule has 6 nitrogen and oxygen atoms in total. The van der Waals surface area contributed by atoms with Gasteiger partial charge >= 0.3 is 6.18 Å². The molecule has 3 heterocycles. The van der Waals surface area contributed by atoms with Gasteiger partial charge in [0.1, 0.15) is 11.5 Å². The first kappa shape index (κ1) is 17.2. The number of rotatable bonds is 3. The van der Waals surface area contributed by atoms with Gasteiger partial charge in [0.15, 0.2) is 6.29 Å². The number of amides is 1. The SMILES string of the molecule is O=C(CC1OCCCO1)N1CCC[C@H](c2ncc(C(F)(F)F)[nH]2)C1. The molecule has 2 aliphatic rings. The van der Waals surface area contributed by atoms with E-state index in [9.17, 15) is 18.0 Å². The summed E-state index contributed by atoms with van der Waals surface area (Å²) in [5.74, 6) is -0.0359. The Morgan fingerprint density at radius 3 is 2.75 bits per heavy atom. The third-order valence-corrected chi connectivity index (χ3v) is 4.30. The van der Waals surface area contributed by atoms with Crippen LogP contribution < -0.4 is 0 Å². The monoisotopic (exact) mass is 347 g/mol. The topological polar surface area (TPSA) is 67.5 Å². The molecule has 2 saturated heterocycles. The van der Waals surface area contributed by atoms with Crippen LogP contribution in [0.1, 0.15) is 43.1 Å². The Morgan fingerprint density at radius 2 is 2.08 bits per heavy atom. The highest BCUT2D eigenvalue weighted by atomic mass is 19.4. The van der Waals surface area contributed by atoms with Crippen molar-refractivity contribution in [3.63, 3.8) is 0 Å². The number of likely N-dealkylation sites (tertiary alicyclic amines) is 1. The highest BCUT2D eigenvalue weighted by Crippen LogP contribution is 2.31. The lowest BCUT2D eigenvalue weighted by Crippen LogP contribution is -2.41. The van der Waals surface area contributed by atoms with Gasteiger partial charge in [-0.3, -0.25) is 4.79 Å². The Morgan fingerprint density at radius 1 is 1.33 bits per heavy atom. The summed E-state index contributed by atoms with van der Waals surface area (Å²) in [5.41, 5.74) is -0.857. The van der Waals surface area contributed by atoms with Crippen LogP contribution in [-0.2, 0) is 20.4 Å². The Kier molecular flexibility index (Phi) is 5.09. The first-order chi connectivity index (χ1) is 11.4. The van der Waals surface area contributed by atoms with E-state index in [4.69, 9.17) is 9.47 Å². The zero-order valence-electron chi connectivity index (χ0n) is 13.1. The summed E-state index contributed by atoms with van der Waals surface area (Å²) in [7, 11) is 0. The van der Waals surface area contributed by atoms with Gasteiger partial charge in [0, 0.05) is 19.0 Å². The van der Waals surface area contributed by atoms with Crippen LogP contribution in [0.5, 0.6) is 0 Å². The fraction of sp³-hybridized carbons (Fsp3) is 0.733. The minimum atomic E-state index is -4.44. The minimum Gasteiger partial charge on any atom is -0.352 e. The smallest absolute Gasteiger partial charge is 0.352 e. The number of carbonyl (C=O) groups excluding carboxylic acids is 1. The Hall–Kier alpha value is -1.61. The number of ether oxygens (including phenoxy) is 2. The molecule has 0 saturated carbocycles. The number of hydrogen-bond donors (Lipinski definition) is 1. The molecule has 2 aliphatic heterocycles. The summed E-state index contributed by atoms with van der Waals surface area (Å²) >= 11 is 0. The Bertz CT molecular complexity index is 570. The summed E-state index contributed by atoms with van der Waals surface area (Å²) < 4.78 is 48.8. The van der Waals surface area contributed by atoms with E-state index in [1.165, 1.54) is 0 Å². The van der Waals surface area contributed by atoms with Gasteiger partial charge in [0.05, 0.1) is 25.8 Å². The van der Waals surface area contributed by atoms with Crippen molar-refractivity contribution in [2.24, 2.45) is 0 Å². The van der Waals surface area contributed by atoms with E-state index in [0.29, 0.717) is 32.7 Å². The van der Waals surface area contributed by atoms with Gasteiger partial charge in [0.25, 0.3) is 0 Å². The largest absolute Gasteiger partial charge is 0.432 e. The van der Waals surface area contributed by atoms with E-state index in [1.54, 1.807) is 4.90 Å². The predicted molar refractivity (Wildman–Crippen MR) is 77.1 cm³/mol. The first-order valence-corrected chi connectivity index (χ1v) is 8.06. The summed E-state index contributed by atoms with van der Waals surface area (Å²) in [6.45, 7) is 2.10. The predicted octanol–water partition coefficient (Wildman–Crippen LogP) is 2.29. The lowest BCUT2D eigenvalue weighted by atomic mass is 9.97. The number of H-pyrrole nitrogens is 1. The molecule has 0 aromatic carbocycles. The fourth-order valence-electron chi connectivity index (χ4n) is 3.04. The molecule has 1 atom stereocenters. The molecule has 0 bridgehead atoms. The van der Waals surface area contributed by atoms with Gasteiger partial charge < -0.3 is 19.4 Å². The second kappa shape index (κ2) is 7.10. The Balaban J connectivity index is 1.59. The Labute approximate surface area is 137 Å². The maximum Gasteiger partial charge on any atom is 0.432 e. The van der Waals surface area contributed by atoms with Crippen LogP contribution in [-0.4, -0.2) is 53.4 Å². The van der Waals surface area contributed by atoms with Crippen LogP contribution in [0, 0.1) is 0 Å². The lowest BCUT2D eigenvalue weighted by molar-refractivity contribution is -0.187. The molecule has 0 radical (unpaired) electrons. The standard InChI is InChI=1S/C15H20F3N3O3/c16-15(17,18)11-8-19-14(20-11)10-3-1-4-21(9-10)12(22)7-13-23-5-2-6-24-13/h8,10,13H,1-7,9H2,(H,19,20)/t10-/m0/s1. The third-order valence-electron chi connectivity index (χ3n) is 4.30. The number of piperidine rings is 1. The number of carbonyl (C=O) groups is 1. The molecule has 1 amide bonds. The normalized spacial score (nSPS) is 23.5. The molecule has 1 aromatic rings. The van der Waals surface area contributed by atoms with E-state index in [-0.39, 0.29) is 24.1 Å². The summed E-state index contributed by atoms with van der Waals surface area (Å²) in [4.78, 5) is 20.2. The maximum atomic E-state index is 12.7. The van der Waals surface area contributed by atoms with Crippen LogP contribution in [0.3, 0.4) is 0 Å². The molecule has 0 spiro atoms. The number of aromatic nitrogens is 2. The number of hydrogen-bond acceptors (Lipinski definition) is 4. The molecule has 1 aromatic heterocycles. The maximum absolute atomic E-state index is 12.7. The molecule has 1 N–H and O–H groups in total. The average molecular weight is 347 g/mol. The van der Waals surface area contributed by atoms with Crippen molar-refractivity contribution in [1.29, 1.82) is 0 Å². The van der Waals surface area contributed by atoms with Crippen molar-refractivity contribution < 1.29 is 27.4 Å². The van der Waals surface area contributed by atoms with E-state index >= 15 is 0 Å². The molecular formula is C15H20F3N3O3. The van der Waals surface area contributed by atoms with Crippen molar-refractivity contribution in [2.75, 3.05) is 26.3 Å². The van der Waals surface area contributed by atoms with Crippen LogP contribution in [0.2, 0.25) is 0 Å². The van der Waals surface area contributed by atoms with Crippen LogP contribution in [0.15, 0.2) is 6.20 Å². The lowest BCUT2D eigenvalue weighted by Gasteiger charge is -2.33. The van der Waals surface area contributed by atoms with Crippen molar-refractivity contribution in [3.05, 3.63) is 17.7 Å². The number of halogens is 3. The number of nitrogens with zero attached hydrogens (tertiary/aromatic N) is 2. The van der Waals surface area contributed by atoms with Crippen LogP contribution >= 0.6 is 0 Å². The highest BCUT2D eigenvalue weighted by Gasteiger charge is 2.35. The van der Waals surface area contributed by atoms with Crippen molar-refractivity contribution in [1.82, 2.24) is 14.9 Å². The van der Waals surface area contributed by atoms with Crippen molar-refractivity contribution in [3.8, 4) is 0 Å². The number of aromatic amines is 1. The minimum absolute atomic E-state index is 0.103. The van der Waals surface area contributed by atoms with E-state index in [0.717, 1.165) is 19.0 Å². The van der Waals surface area contributed by atoms with Gasteiger partial charge in [-0.2, -0.15) is 13.2 Å². The van der Waals surface area contributed by atoms with E-state index < -0.39 is 18.2 Å². The van der Waals surface area contributed by atoms with Crippen LogP contribution in [0.25, 0.3) is 0 Å². The second-order valence-corrected chi connectivity index (χ2v) is 6.09. The molecular weight excluding hydrogens is 327 g/mol. The number of alkyl halides is 3. The molecule has 134 valence electrons. The average Bonchev–Trinajstić information content (AvgIpc) is 3.06. The molecule has 0 aliphatic carbocycles. The van der Waals surface area contributed by atoms with E-state index in [2.05, 4.69) is 9.97 Å². The summed E-state index contributed by atoms with van der Waals surface area (Å²) in [6.07, 6.45) is -1.78.